The average Bonchev–Trinajstić information content (AvgIpc) is 3.63. The lowest BCUT2D eigenvalue weighted by Crippen LogP contribution is -2.26. The van der Waals surface area contributed by atoms with Crippen molar-refractivity contribution in [3.63, 3.8) is 0 Å². The number of nitrogens with zero attached hydrogens (tertiary/aromatic N) is 8. The average molecular weight is 484 g/mol. The number of tetrazole rings is 1. The monoisotopic (exact) mass is 483 g/mol. The van der Waals surface area contributed by atoms with Crippen LogP contribution in [-0.4, -0.2) is 44.3 Å². The number of imidazole rings is 2. The van der Waals surface area contributed by atoms with Crippen LogP contribution in [0.15, 0.2) is 66.0 Å². The molecule has 0 spiro atoms. The van der Waals surface area contributed by atoms with Gasteiger partial charge in [0.2, 0.25) is 5.95 Å². The molecule has 10 heteroatoms. The highest BCUT2D eigenvalue weighted by molar-refractivity contribution is 5.78. The molecule has 1 aromatic carbocycles. The van der Waals surface area contributed by atoms with Crippen molar-refractivity contribution in [1.29, 1.82) is 0 Å². The second-order valence-corrected chi connectivity index (χ2v) is 9.23. The highest BCUT2D eigenvalue weighted by Gasteiger charge is 2.17. The van der Waals surface area contributed by atoms with Gasteiger partial charge in [0, 0.05) is 48.2 Å². The fraction of sp³-hybridized carbons (Fsp3) is 0.308. The van der Waals surface area contributed by atoms with Crippen molar-refractivity contribution in [3.8, 4) is 28.6 Å². The predicted octanol–water partition coefficient (Wildman–Crippen LogP) is 3.73. The summed E-state index contributed by atoms with van der Waals surface area (Å²) in [6.07, 6.45) is 9.16. The van der Waals surface area contributed by atoms with Crippen LogP contribution in [0.2, 0.25) is 0 Å². The molecule has 0 amide bonds. The Labute approximate surface area is 208 Å². The zero-order valence-corrected chi connectivity index (χ0v) is 20.7. The minimum absolute atomic E-state index is 0.0955. The van der Waals surface area contributed by atoms with Gasteiger partial charge in [0.1, 0.15) is 0 Å². The molecule has 0 atom stereocenters. The van der Waals surface area contributed by atoms with E-state index in [0.29, 0.717) is 24.2 Å². The van der Waals surface area contributed by atoms with Crippen molar-refractivity contribution in [2.75, 3.05) is 0 Å². The maximum Gasteiger partial charge on any atom is 0.335 e. The summed E-state index contributed by atoms with van der Waals surface area (Å²) >= 11 is 0. The number of rotatable bonds is 9. The first kappa shape index (κ1) is 23.4. The minimum Gasteiger partial charge on any atom is -0.316 e. The molecule has 5 aromatic rings. The van der Waals surface area contributed by atoms with Crippen molar-refractivity contribution in [2.45, 2.75) is 46.7 Å². The van der Waals surface area contributed by atoms with E-state index in [9.17, 15) is 4.79 Å². The van der Waals surface area contributed by atoms with Crippen LogP contribution >= 0.6 is 0 Å². The van der Waals surface area contributed by atoms with Crippen LogP contribution in [0.1, 0.15) is 38.4 Å². The molecule has 10 nitrogen and oxygen atoms in total. The molecule has 5 rings (SSSR count). The van der Waals surface area contributed by atoms with E-state index < -0.39 is 0 Å². The van der Waals surface area contributed by atoms with E-state index in [4.69, 9.17) is 4.98 Å². The van der Waals surface area contributed by atoms with E-state index in [1.165, 1.54) is 0 Å². The molecule has 0 saturated carbocycles. The van der Waals surface area contributed by atoms with Gasteiger partial charge in [0.05, 0.1) is 12.2 Å². The first-order valence-corrected chi connectivity index (χ1v) is 12.2. The van der Waals surface area contributed by atoms with Gasteiger partial charge in [-0.05, 0) is 34.4 Å². The Kier molecular flexibility index (Phi) is 6.57. The van der Waals surface area contributed by atoms with Gasteiger partial charge < -0.3 is 4.57 Å². The fourth-order valence-corrected chi connectivity index (χ4v) is 4.40. The molecule has 4 aromatic heterocycles. The second-order valence-electron chi connectivity index (χ2n) is 9.23. The summed E-state index contributed by atoms with van der Waals surface area (Å²) in [6.45, 7) is 7.65. The number of benzene rings is 1. The van der Waals surface area contributed by atoms with Crippen molar-refractivity contribution >= 4 is 0 Å². The molecule has 0 aliphatic carbocycles. The summed E-state index contributed by atoms with van der Waals surface area (Å²) in [5.41, 5.74) is 4.43. The SMILES string of the molecule is CCCc1cn(-c2nccn2CC(C)C)c(=O)n1Cc1ccc(-c2ccccc2-c2nnn[nH]2)nc1. The number of H-pyrrole nitrogens is 1. The van der Waals surface area contributed by atoms with Gasteiger partial charge in [-0.1, -0.05) is 57.5 Å². The summed E-state index contributed by atoms with van der Waals surface area (Å²) in [6, 6.07) is 11.8. The quantitative estimate of drug-likeness (QED) is 0.342. The molecular formula is C26H29N9O. The summed E-state index contributed by atoms with van der Waals surface area (Å²) in [4.78, 5) is 22.7. The highest BCUT2D eigenvalue weighted by Crippen LogP contribution is 2.28. The number of hydrogen-bond donors (Lipinski definition) is 1. The predicted molar refractivity (Wildman–Crippen MR) is 137 cm³/mol. The fourth-order valence-electron chi connectivity index (χ4n) is 4.40. The lowest BCUT2D eigenvalue weighted by Gasteiger charge is -2.10. The Morgan fingerprint density at radius 2 is 1.89 bits per heavy atom. The van der Waals surface area contributed by atoms with E-state index in [1.807, 2.05) is 64.1 Å². The number of nitrogens with one attached hydrogen (secondary N) is 1. The Morgan fingerprint density at radius 3 is 2.58 bits per heavy atom. The molecule has 0 unspecified atom stereocenters. The third kappa shape index (κ3) is 4.61. The first-order valence-electron chi connectivity index (χ1n) is 12.2. The second kappa shape index (κ2) is 10.1. The Bertz CT molecular complexity index is 1490. The molecule has 0 aliphatic heterocycles. The van der Waals surface area contributed by atoms with Crippen molar-refractivity contribution in [1.82, 2.24) is 44.3 Å². The highest BCUT2D eigenvalue weighted by atomic mass is 16.1. The molecule has 1 N–H and O–H groups in total. The van der Waals surface area contributed by atoms with Crippen molar-refractivity contribution in [3.05, 3.63) is 82.9 Å². The molecule has 0 radical (unpaired) electrons. The molecule has 4 heterocycles. The number of aromatic nitrogens is 9. The maximum atomic E-state index is 13.5. The standard InChI is InChI=1S/C26H29N9O/c1-4-7-20-17-35(25-27-12-13-33(25)15-18(2)3)26(36)34(20)16-19-10-11-23(28-14-19)21-8-5-6-9-22(21)24-29-31-32-30-24/h5-6,8-14,17-18H,4,7,15-16H2,1-3H3,(H,29,30,31,32). The van der Waals surface area contributed by atoms with Crippen LogP contribution < -0.4 is 5.69 Å². The third-order valence-corrected chi connectivity index (χ3v) is 6.01. The van der Waals surface area contributed by atoms with Crippen LogP contribution in [0, 0.1) is 5.92 Å². The van der Waals surface area contributed by atoms with Gasteiger partial charge in [-0.25, -0.2) is 19.4 Å². The summed E-state index contributed by atoms with van der Waals surface area (Å²) in [5.74, 6) is 1.68. The van der Waals surface area contributed by atoms with E-state index in [-0.39, 0.29) is 5.69 Å². The number of hydrogen-bond acceptors (Lipinski definition) is 6. The largest absolute Gasteiger partial charge is 0.335 e. The smallest absolute Gasteiger partial charge is 0.316 e. The van der Waals surface area contributed by atoms with E-state index in [1.54, 1.807) is 10.8 Å². The molecule has 184 valence electrons. The maximum absolute atomic E-state index is 13.5. The normalized spacial score (nSPS) is 11.4. The zero-order chi connectivity index (χ0) is 25.1. The Balaban J connectivity index is 1.46. The topological polar surface area (TPSA) is 112 Å². The van der Waals surface area contributed by atoms with Gasteiger partial charge in [-0.15, -0.1) is 5.10 Å². The Morgan fingerprint density at radius 1 is 1.06 bits per heavy atom. The van der Waals surface area contributed by atoms with Gasteiger partial charge >= 0.3 is 5.69 Å². The van der Waals surface area contributed by atoms with Crippen LogP contribution in [0.5, 0.6) is 0 Å². The minimum atomic E-state index is -0.0955. The summed E-state index contributed by atoms with van der Waals surface area (Å²) in [5, 5.41) is 14.2. The van der Waals surface area contributed by atoms with E-state index >= 15 is 0 Å². The van der Waals surface area contributed by atoms with Crippen LogP contribution in [0.25, 0.3) is 28.6 Å². The number of pyridine rings is 1. The number of aryl methyl sites for hydroxylation is 1. The van der Waals surface area contributed by atoms with E-state index in [0.717, 1.165) is 47.5 Å². The number of aromatic amines is 1. The lowest BCUT2D eigenvalue weighted by molar-refractivity contribution is 0.513. The van der Waals surface area contributed by atoms with Crippen LogP contribution in [0.4, 0.5) is 0 Å². The van der Waals surface area contributed by atoms with Gasteiger partial charge in [-0.3, -0.25) is 9.55 Å². The molecule has 0 fully saturated rings. The molecular weight excluding hydrogens is 454 g/mol. The van der Waals surface area contributed by atoms with Gasteiger partial charge in [0.15, 0.2) is 5.82 Å². The molecule has 0 bridgehead atoms. The summed E-state index contributed by atoms with van der Waals surface area (Å²) < 4.78 is 5.52. The third-order valence-electron chi connectivity index (χ3n) is 6.01. The molecule has 36 heavy (non-hydrogen) atoms. The summed E-state index contributed by atoms with van der Waals surface area (Å²) in [7, 11) is 0. The Hall–Kier alpha value is -4.34. The van der Waals surface area contributed by atoms with E-state index in [2.05, 4.69) is 46.4 Å². The van der Waals surface area contributed by atoms with Crippen LogP contribution in [-0.2, 0) is 19.5 Å². The zero-order valence-electron chi connectivity index (χ0n) is 20.7. The van der Waals surface area contributed by atoms with Gasteiger partial charge in [0.25, 0.3) is 0 Å². The van der Waals surface area contributed by atoms with Gasteiger partial charge in [-0.2, -0.15) is 0 Å². The van der Waals surface area contributed by atoms with Crippen molar-refractivity contribution in [2.24, 2.45) is 5.92 Å². The first-order chi connectivity index (χ1) is 17.5. The van der Waals surface area contributed by atoms with Crippen LogP contribution in [0.3, 0.4) is 0 Å². The molecule has 0 aliphatic rings. The molecule has 0 saturated heterocycles. The lowest BCUT2D eigenvalue weighted by atomic mass is 10.0. The van der Waals surface area contributed by atoms with Crippen molar-refractivity contribution < 1.29 is 0 Å².